The standard InChI is InChI=1S/C11H22ClNO3S/c1-2-10-3-5-11(14,6-4-10)9-13-17(15,16)8-7-12/h10,13-14H,2-9H2,1H3. The predicted molar refractivity (Wildman–Crippen MR) is 69.7 cm³/mol. The molecule has 1 aliphatic carbocycles. The predicted octanol–water partition coefficient (Wildman–Crippen LogP) is 1.48. The Morgan fingerprint density at radius 1 is 1.41 bits per heavy atom. The van der Waals surface area contributed by atoms with Gasteiger partial charge in [-0.1, -0.05) is 13.3 Å². The summed E-state index contributed by atoms with van der Waals surface area (Å²) in [7, 11) is -3.33. The highest BCUT2D eigenvalue weighted by Gasteiger charge is 2.33. The minimum Gasteiger partial charge on any atom is -0.389 e. The van der Waals surface area contributed by atoms with Crippen LogP contribution in [-0.4, -0.2) is 37.3 Å². The fraction of sp³-hybridized carbons (Fsp3) is 1.00. The molecule has 0 radical (unpaired) electrons. The number of nitrogens with one attached hydrogen (secondary N) is 1. The van der Waals surface area contributed by atoms with Crippen molar-refractivity contribution < 1.29 is 13.5 Å². The molecule has 0 aliphatic heterocycles. The van der Waals surface area contributed by atoms with Crippen molar-refractivity contribution in [2.75, 3.05) is 18.2 Å². The highest BCUT2D eigenvalue weighted by atomic mass is 35.5. The second-order valence-corrected chi connectivity index (χ2v) is 7.21. The van der Waals surface area contributed by atoms with Gasteiger partial charge in [-0.3, -0.25) is 0 Å². The van der Waals surface area contributed by atoms with Crippen molar-refractivity contribution in [3.63, 3.8) is 0 Å². The molecular formula is C11H22ClNO3S. The highest BCUT2D eigenvalue weighted by Crippen LogP contribution is 2.33. The molecule has 0 aromatic carbocycles. The van der Waals surface area contributed by atoms with Gasteiger partial charge in [0.25, 0.3) is 0 Å². The molecule has 2 N–H and O–H groups in total. The number of hydrogen-bond donors (Lipinski definition) is 2. The van der Waals surface area contributed by atoms with Crippen molar-refractivity contribution in [1.82, 2.24) is 4.72 Å². The summed E-state index contributed by atoms with van der Waals surface area (Å²) in [6, 6.07) is 0. The van der Waals surface area contributed by atoms with E-state index >= 15 is 0 Å². The van der Waals surface area contributed by atoms with E-state index in [2.05, 4.69) is 11.6 Å². The summed E-state index contributed by atoms with van der Waals surface area (Å²) in [5.41, 5.74) is -0.870. The van der Waals surface area contributed by atoms with Crippen molar-refractivity contribution in [2.45, 2.75) is 44.6 Å². The molecule has 0 bridgehead atoms. The van der Waals surface area contributed by atoms with Gasteiger partial charge >= 0.3 is 0 Å². The normalized spacial score (nSPS) is 30.4. The van der Waals surface area contributed by atoms with Crippen molar-refractivity contribution in [3.05, 3.63) is 0 Å². The van der Waals surface area contributed by atoms with Crippen molar-refractivity contribution >= 4 is 21.6 Å². The zero-order valence-electron chi connectivity index (χ0n) is 10.3. The molecule has 17 heavy (non-hydrogen) atoms. The average molecular weight is 284 g/mol. The minimum absolute atomic E-state index is 0.0751. The summed E-state index contributed by atoms with van der Waals surface area (Å²) in [4.78, 5) is 0. The third-order valence-electron chi connectivity index (χ3n) is 3.58. The van der Waals surface area contributed by atoms with Crippen LogP contribution in [0, 0.1) is 5.92 Å². The van der Waals surface area contributed by atoms with Crippen LogP contribution in [0.5, 0.6) is 0 Å². The number of sulfonamides is 1. The molecule has 0 atom stereocenters. The first kappa shape index (κ1) is 15.2. The molecule has 0 heterocycles. The maximum atomic E-state index is 11.4. The second-order valence-electron chi connectivity index (χ2n) is 4.90. The topological polar surface area (TPSA) is 66.4 Å². The molecule has 1 rings (SSSR count). The second kappa shape index (κ2) is 6.36. The number of aliphatic hydroxyl groups is 1. The van der Waals surface area contributed by atoms with Gasteiger partial charge in [0.15, 0.2) is 0 Å². The molecule has 0 spiro atoms. The molecule has 1 fully saturated rings. The lowest BCUT2D eigenvalue weighted by Gasteiger charge is -2.35. The third-order valence-corrected chi connectivity index (χ3v) is 5.32. The first-order valence-corrected chi connectivity index (χ1v) is 8.35. The summed E-state index contributed by atoms with van der Waals surface area (Å²) in [5, 5.41) is 10.3. The SMILES string of the molecule is CCC1CCC(O)(CNS(=O)(=O)CCCl)CC1. The molecule has 0 aromatic rings. The molecule has 6 heteroatoms. The van der Waals surface area contributed by atoms with Gasteiger partial charge in [0.05, 0.1) is 11.4 Å². The lowest BCUT2D eigenvalue weighted by atomic mass is 9.78. The summed E-state index contributed by atoms with van der Waals surface area (Å²) >= 11 is 5.40. The molecule has 0 unspecified atom stereocenters. The van der Waals surface area contributed by atoms with Crippen LogP contribution < -0.4 is 4.72 Å². The Kier molecular flexibility index (Phi) is 5.70. The van der Waals surface area contributed by atoms with E-state index in [4.69, 9.17) is 11.6 Å². The van der Waals surface area contributed by atoms with Gasteiger partial charge in [-0.05, 0) is 31.6 Å². The van der Waals surface area contributed by atoms with E-state index in [-0.39, 0.29) is 18.2 Å². The molecule has 1 saturated carbocycles. The summed E-state index contributed by atoms with van der Waals surface area (Å²) in [6.45, 7) is 2.26. The third kappa shape index (κ3) is 5.12. The monoisotopic (exact) mass is 283 g/mol. The molecule has 0 amide bonds. The Morgan fingerprint density at radius 2 is 2.00 bits per heavy atom. The molecule has 4 nitrogen and oxygen atoms in total. The van der Waals surface area contributed by atoms with Gasteiger partial charge in [0, 0.05) is 12.4 Å². The van der Waals surface area contributed by atoms with Crippen LogP contribution in [0.15, 0.2) is 0 Å². The minimum atomic E-state index is -3.33. The van der Waals surface area contributed by atoms with Crippen LogP contribution in [0.1, 0.15) is 39.0 Å². The Labute approximate surface area is 109 Å². The molecule has 0 aromatic heterocycles. The van der Waals surface area contributed by atoms with Gasteiger partial charge in [-0.25, -0.2) is 13.1 Å². The van der Waals surface area contributed by atoms with E-state index < -0.39 is 15.6 Å². The van der Waals surface area contributed by atoms with Crippen LogP contribution in [-0.2, 0) is 10.0 Å². The zero-order valence-corrected chi connectivity index (χ0v) is 11.9. The first-order chi connectivity index (χ1) is 7.91. The summed E-state index contributed by atoms with van der Waals surface area (Å²) < 4.78 is 25.3. The molecule has 1 aliphatic rings. The van der Waals surface area contributed by atoms with Crippen molar-refractivity contribution in [2.24, 2.45) is 5.92 Å². The summed E-state index contributed by atoms with van der Waals surface area (Å²) in [6.07, 6.45) is 4.44. The zero-order chi connectivity index (χ0) is 12.9. The maximum absolute atomic E-state index is 11.4. The quantitative estimate of drug-likeness (QED) is 0.726. The van der Waals surface area contributed by atoms with E-state index in [1.807, 2.05) is 0 Å². The smallest absolute Gasteiger partial charge is 0.212 e. The van der Waals surface area contributed by atoms with E-state index in [0.717, 1.165) is 19.3 Å². The van der Waals surface area contributed by atoms with Gasteiger partial charge in [-0.15, -0.1) is 11.6 Å². The molecule has 0 saturated heterocycles. The van der Waals surface area contributed by atoms with Crippen molar-refractivity contribution in [3.8, 4) is 0 Å². The van der Waals surface area contributed by atoms with Gasteiger partial charge in [0.1, 0.15) is 0 Å². The van der Waals surface area contributed by atoms with Crippen LogP contribution in [0.25, 0.3) is 0 Å². The molecule has 102 valence electrons. The number of alkyl halides is 1. The van der Waals surface area contributed by atoms with E-state index in [1.165, 1.54) is 0 Å². The Bertz CT molecular complexity index is 324. The van der Waals surface area contributed by atoms with Gasteiger partial charge in [0.2, 0.25) is 10.0 Å². The van der Waals surface area contributed by atoms with Crippen LogP contribution >= 0.6 is 11.6 Å². The summed E-state index contributed by atoms with van der Waals surface area (Å²) in [5.74, 6) is 0.656. The van der Waals surface area contributed by atoms with Crippen molar-refractivity contribution in [1.29, 1.82) is 0 Å². The fourth-order valence-electron chi connectivity index (χ4n) is 2.22. The maximum Gasteiger partial charge on any atom is 0.212 e. The van der Waals surface area contributed by atoms with E-state index in [9.17, 15) is 13.5 Å². The lowest BCUT2D eigenvalue weighted by molar-refractivity contribution is -0.00441. The highest BCUT2D eigenvalue weighted by molar-refractivity contribution is 7.89. The fourth-order valence-corrected chi connectivity index (χ4v) is 3.66. The van der Waals surface area contributed by atoms with Crippen LogP contribution in [0.2, 0.25) is 0 Å². The Balaban J connectivity index is 2.41. The van der Waals surface area contributed by atoms with E-state index in [1.54, 1.807) is 0 Å². The number of rotatable bonds is 6. The lowest BCUT2D eigenvalue weighted by Crippen LogP contribution is -2.45. The molecular weight excluding hydrogens is 262 g/mol. The van der Waals surface area contributed by atoms with Gasteiger partial charge < -0.3 is 5.11 Å². The Hall–Kier alpha value is 0.160. The van der Waals surface area contributed by atoms with E-state index in [0.29, 0.717) is 18.8 Å². The number of halogens is 1. The van der Waals surface area contributed by atoms with Crippen LogP contribution in [0.3, 0.4) is 0 Å². The Morgan fingerprint density at radius 3 is 2.47 bits per heavy atom. The first-order valence-electron chi connectivity index (χ1n) is 6.16. The number of hydrogen-bond acceptors (Lipinski definition) is 3. The largest absolute Gasteiger partial charge is 0.389 e. The van der Waals surface area contributed by atoms with Crippen LogP contribution in [0.4, 0.5) is 0 Å². The van der Waals surface area contributed by atoms with Gasteiger partial charge in [-0.2, -0.15) is 0 Å². The average Bonchev–Trinajstić information content (AvgIpc) is 2.28.